The van der Waals surface area contributed by atoms with Crippen molar-refractivity contribution in [1.82, 2.24) is 4.98 Å². The Labute approximate surface area is 119 Å². The summed E-state index contributed by atoms with van der Waals surface area (Å²) in [5, 5.41) is 0. The molecule has 1 heterocycles. The van der Waals surface area contributed by atoms with Crippen LogP contribution in [0.3, 0.4) is 0 Å². The number of carbonyl (C=O) groups excluding carboxylic acids is 1. The van der Waals surface area contributed by atoms with Crippen LogP contribution in [0.15, 0.2) is 6.07 Å². The Balaban J connectivity index is 3.16. The Morgan fingerprint density at radius 1 is 1.43 bits per heavy atom. The fourth-order valence-electron chi connectivity index (χ4n) is 1.58. The van der Waals surface area contributed by atoms with E-state index in [1.165, 1.54) is 7.11 Å². The summed E-state index contributed by atoms with van der Waals surface area (Å²) in [5.74, 6) is -1.18. The van der Waals surface area contributed by atoms with Gasteiger partial charge >= 0.3 is 12.3 Å². The highest BCUT2D eigenvalue weighted by Gasteiger charge is 2.33. The first-order valence-corrected chi connectivity index (χ1v) is 5.99. The van der Waals surface area contributed by atoms with Gasteiger partial charge in [-0.15, -0.1) is 13.2 Å². The predicted octanol–water partition coefficient (Wildman–Crippen LogP) is 1.55. The van der Waals surface area contributed by atoms with Crippen LogP contribution < -0.4 is 15.2 Å². The Kier molecular flexibility index (Phi) is 5.77. The van der Waals surface area contributed by atoms with Crippen LogP contribution in [0.4, 0.5) is 13.2 Å². The fourth-order valence-corrected chi connectivity index (χ4v) is 1.58. The Bertz CT molecular complexity index is 506. The molecule has 6 nitrogen and oxygen atoms in total. The lowest BCUT2D eigenvalue weighted by molar-refractivity contribution is -0.275. The molecule has 0 fully saturated rings. The maximum atomic E-state index is 12.3. The van der Waals surface area contributed by atoms with Crippen molar-refractivity contribution in [2.24, 2.45) is 5.73 Å². The summed E-state index contributed by atoms with van der Waals surface area (Å²) >= 11 is 0. The van der Waals surface area contributed by atoms with Gasteiger partial charge in [-0.2, -0.15) is 0 Å². The van der Waals surface area contributed by atoms with Crippen molar-refractivity contribution in [1.29, 1.82) is 0 Å². The number of ether oxygens (including phenoxy) is 3. The molecule has 0 aromatic carbocycles. The van der Waals surface area contributed by atoms with Crippen LogP contribution in [-0.2, 0) is 22.5 Å². The van der Waals surface area contributed by atoms with E-state index in [-0.39, 0.29) is 36.7 Å². The number of rotatable bonds is 6. The quantitative estimate of drug-likeness (QED) is 0.803. The fraction of sp³-hybridized carbons (Fsp3) is 0.500. The highest BCUT2D eigenvalue weighted by molar-refractivity contribution is 5.73. The second kappa shape index (κ2) is 7.11. The molecule has 0 aliphatic heterocycles. The molecule has 0 atom stereocenters. The summed E-state index contributed by atoms with van der Waals surface area (Å²) in [4.78, 5) is 15.3. The molecule has 1 aromatic rings. The van der Waals surface area contributed by atoms with Gasteiger partial charge in [0.05, 0.1) is 20.1 Å². The summed E-state index contributed by atoms with van der Waals surface area (Å²) in [6.45, 7) is 1.49. The number of aromatic nitrogens is 1. The maximum absolute atomic E-state index is 12.3. The molecular weight excluding hydrogens is 293 g/mol. The van der Waals surface area contributed by atoms with Crippen molar-refractivity contribution in [3.8, 4) is 11.6 Å². The van der Waals surface area contributed by atoms with Crippen molar-refractivity contribution in [2.75, 3.05) is 13.7 Å². The number of methoxy groups -OCH3 is 1. The SMILES string of the molecule is CCOC(=O)Cc1cc(OC(F)(F)F)c(CN)nc1OC. The molecule has 0 bridgehead atoms. The average Bonchev–Trinajstić information content (AvgIpc) is 2.37. The van der Waals surface area contributed by atoms with E-state index < -0.39 is 18.1 Å². The number of hydrogen-bond acceptors (Lipinski definition) is 6. The molecule has 0 amide bonds. The minimum Gasteiger partial charge on any atom is -0.481 e. The van der Waals surface area contributed by atoms with Gasteiger partial charge in [0, 0.05) is 12.1 Å². The van der Waals surface area contributed by atoms with Crippen LogP contribution in [-0.4, -0.2) is 31.0 Å². The number of nitrogens with two attached hydrogens (primary N) is 1. The lowest BCUT2D eigenvalue weighted by Crippen LogP contribution is -2.20. The standard InChI is InChI=1S/C12H15F3N2O4/c1-3-20-10(18)5-7-4-9(21-12(13,14)15)8(6-16)17-11(7)19-2/h4H,3,5-6,16H2,1-2H3. The van der Waals surface area contributed by atoms with E-state index in [9.17, 15) is 18.0 Å². The molecule has 0 radical (unpaired) electrons. The zero-order valence-electron chi connectivity index (χ0n) is 11.5. The molecule has 118 valence electrons. The van der Waals surface area contributed by atoms with Crippen LogP contribution in [0, 0.1) is 0 Å². The molecule has 9 heteroatoms. The molecule has 21 heavy (non-hydrogen) atoms. The van der Waals surface area contributed by atoms with Crippen molar-refractivity contribution in [3.05, 3.63) is 17.3 Å². The highest BCUT2D eigenvalue weighted by atomic mass is 19.4. The van der Waals surface area contributed by atoms with E-state index in [0.717, 1.165) is 6.07 Å². The van der Waals surface area contributed by atoms with Gasteiger partial charge in [0.25, 0.3) is 0 Å². The summed E-state index contributed by atoms with van der Waals surface area (Å²) in [6, 6.07) is 1.03. The van der Waals surface area contributed by atoms with Crippen LogP contribution in [0.25, 0.3) is 0 Å². The number of pyridine rings is 1. The van der Waals surface area contributed by atoms with Gasteiger partial charge in [-0.25, -0.2) is 4.98 Å². The Hall–Kier alpha value is -2.03. The zero-order chi connectivity index (χ0) is 16.0. The third-order valence-corrected chi connectivity index (χ3v) is 2.35. The number of halogens is 3. The van der Waals surface area contributed by atoms with Crippen LogP contribution in [0.1, 0.15) is 18.2 Å². The Morgan fingerprint density at radius 3 is 2.57 bits per heavy atom. The minimum atomic E-state index is -4.89. The van der Waals surface area contributed by atoms with Gasteiger partial charge < -0.3 is 19.9 Å². The van der Waals surface area contributed by atoms with E-state index in [4.69, 9.17) is 15.2 Å². The molecule has 0 aliphatic rings. The van der Waals surface area contributed by atoms with E-state index in [0.29, 0.717) is 0 Å². The molecule has 0 saturated heterocycles. The maximum Gasteiger partial charge on any atom is 0.573 e. The third kappa shape index (κ3) is 5.10. The normalized spacial score (nSPS) is 11.1. The van der Waals surface area contributed by atoms with E-state index in [1.807, 2.05) is 0 Å². The minimum absolute atomic E-state index is 0.00183. The predicted molar refractivity (Wildman–Crippen MR) is 65.7 cm³/mol. The number of esters is 1. The number of hydrogen-bond donors (Lipinski definition) is 1. The van der Waals surface area contributed by atoms with Gasteiger partial charge in [-0.3, -0.25) is 4.79 Å². The van der Waals surface area contributed by atoms with Crippen molar-refractivity contribution < 1.29 is 32.2 Å². The lowest BCUT2D eigenvalue weighted by atomic mass is 10.1. The summed E-state index contributed by atoms with van der Waals surface area (Å²) < 4.78 is 50.6. The van der Waals surface area contributed by atoms with Gasteiger partial charge in [0.1, 0.15) is 5.69 Å². The first kappa shape index (κ1) is 17.0. The van der Waals surface area contributed by atoms with Crippen LogP contribution >= 0.6 is 0 Å². The average molecular weight is 308 g/mol. The summed E-state index contributed by atoms with van der Waals surface area (Å²) in [6.07, 6.45) is -5.18. The third-order valence-electron chi connectivity index (χ3n) is 2.35. The molecule has 0 unspecified atom stereocenters. The summed E-state index contributed by atoms with van der Waals surface area (Å²) in [7, 11) is 1.28. The van der Waals surface area contributed by atoms with E-state index in [1.54, 1.807) is 6.92 Å². The molecule has 0 saturated carbocycles. The molecule has 2 N–H and O–H groups in total. The first-order chi connectivity index (χ1) is 9.80. The largest absolute Gasteiger partial charge is 0.573 e. The summed E-state index contributed by atoms with van der Waals surface area (Å²) in [5.41, 5.74) is 5.33. The van der Waals surface area contributed by atoms with Gasteiger partial charge in [-0.1, -0.05) is 0 Å². The van der Waals surface area contributed by atoms with Gasteiger partial charge in [0.15, 0.2) is 5.75 Å². The first-order valence-electron chi connectivity index (χ1n) is 5.99. The molecular formula is C12H15F3N2O4. The number of carbonyl (C=O) groups is 1. The topological polar surface area (TPSA) is 83.7 Å². The Morgan fingerprint density at radius 2 is 2.10 bits per heavy atom. The van der Waals surface area contributed by atoms with Crippen molar-refractivity contribution >= 4 is 5.97 Å². The number of alkyl halides is 3. The molecule has 0 spiro atoms. The van der Waals surface area contributed by atoms with E-state index in [2.05, 4.69) is 9.72 Å². The monoisotopic (exact) mass is 308 g/mol. The highest BCUT2D eigenvalue weighted by Crippen LogP contribution is 2.30. The molecule has 1 rings (SSSR count). The van der Waals surface area contributed by atoms with E-state index >= 15 is 0 Å². The van der Waals surface area contributed by atoms with Gasteiger partial charge in [0.2, 0.25) is 5.88 Å². The van der Waals surface area contributed by atoms with Crippen LogP contribution in [0.2, 0.25) is 0 Å². The second-order valence-corrected chi connectivity index (χ2v) is 3.84. The number of nitrogens with zero attached hydrogens (tertiary/aromatic N) is 1. The van der Waals surface area contributed by atoms with Crippen molar-refractivity contribution in [2.45, 2.75) is 26.3 Å². The van der Waals surface area contributed by atoms with Crippen molar-refractivity contribution in [3.63, 3.8) is 0 Å². The molecule has 0 aliphatic carbocycles. The lowest BCUT2D eigenvalue weighted by Gasteiger charge is -2.15. The van der Waals surface area contributed by atoms with Crippen LogP contribution in [0.5, 0.6) is 11.6 Å². The second-order valence-electron chi connectivity index (χ2n) is 3.84. The molecule has 1 aromatic heterocycles. The smallest absolute Gasteiger partial charge is 0.481 e. The zero-order valence-corrected chi connectivity index (χ0v) is 11.5. The van der Waals surface area contributed by atoms with Gasteiger partial charge in [-0.05, 0) is 13.0 Å².